The van der Waals surface area contributed by atoms with Crippen molar-refractivity contribution in [3.63, 3.8) is 0 Å². The predicted octanol–water partition coefficient (Wildman–Crippen LogP) is 1.99. The SMILES string of the molecule is C=N/C=C\c1cc[nH]c1C. The normalized spacial score (nSPS) is 10.5. The number of aromatic nitrogens is 1. The zero-order valence-electron chi connectivity index (χ0n) is 5.96. The fourth-order valence-electron chi connectivity index (χ4n) is 0.778. The zero-order chi connectivity index (χ0) is 7.40. The molecular formula is C8H10N2. The van der Waals surface area contributed by atoms with Crippen LogP contribution >= 0.6 is 0 Å². The average molecular weight is 134 g/mol. The Bertz CT molecular complexity index is 246. The van der Waals surface area contributed by atoms with Crippen LogP contribution in [0.1, 0.15) is 11.3 Å². The van der Waals surface area contributed by atoms with Gasteiger partial charge in [-0.2, -0.15) is 0 Å². The van der Waals surface area contributed by atoms with Gasteiger partial charge in [0.15, 0.2) is 0 Å². The lowest BCUT2D eigenvalue weighted by molar-refractivity contribution is 1.26. The van der Waals surface area contributed by atoms with Gasteiger partial charge in [-0.25, -0.2) is 0 Å². The Morgan fingerprint density at radius 2 is 2.50 bits per heavy atom. The van der Waals surface area contributed by atoms with Crippen molar-refractivity contribution in [1.29, 1.82) is 0 Å². The van der Waals surface area contributed by atoms with E-state index in [1.165, 1.54) is 0 Å². The number of H-pyrrole nitrogens is 1. The van der Waals surface area contributed by atoms with Gasteiger partial charge in [0.1, 0.15) is 0 Å². The van der Waals surface area contributed by atoms with Crippen molar-refractivity contribution in [1.82, 2.24) is 4.98 Å². The first kappa shape index (κ1) is 6.81. The Morgan fingerprint density at radius 1 is 1.70 bits per heavy atom. The summed E-state index contributed by atoms with van der Waals surface area (Å²) < 4.78 is 0. The largest absolute Gasteiger partial charge is 0.365 e. The lowest BCUT2D eigenvalue weighted by atomic mass is 10.2. The van der Waals surface area contributed by atoms with Crippen LogP contribution in [0.15, 0.2) is 23.5 Å². The molecule has 0 spiro atoms. The van der Waals surface area contributed by atoms with E-state index in [1.54, 1.807) is 6.20 Å². The molecule has 1 N–H and O–H groups in total. The number of aryl methyl sites for hydroxylation is 1. The molecule has 0 aliphatic heterocycles. The van der Waals surface area contributed by atoms with Gasteiger partial charge in [-0.1, -0.05) is 0 Å². The molecule has 0 aliphatic rings. The Hall–Kier alpha value is -1.31. The molecule has 0 radical (unpaired) electrons. The molecule has 0 saturated heterocycles. The molecule has 0 amide bonds. The van der Waals surface area contributed by atoms with Crippen molar-refractivity contribution in [3.8, 4) is 0 Å². The van der Waals surface area contributed by atoms with Crippen molar-refractivity contribution in [2.45, 2.75) is 6.92 Å². The zero-order valence-corrected chi connectivity index (χ0v) is 5.96. The molecule has 1 heterocycles. The van der Waals surface area contributed by atoms with Gasteiger partial charge in [0.25, 0.3) is 0 Å². The molecule has 0 bridgehead atoms. The summed E-state index contributed by atoms with van der Waals surface area (Å²) in [6.07, 6.45) is 5.49. The molecule has 0 fully saturated rings. The molecule has 2 nitrogen and oxygen atoms in total. The second-order valence-corrected chi connectivity index (χ2v) is 2.06. The Balaban J connectivity index is 2.83. The number of hydrogen-bond donors (Lipinski definition) is 1. The number of nitrogens with one attached hydrogen (secondary N) is 1. The second-order valence-electron chi connectivity index (χ2n) is 2.06. The van der Waals surface area contributed by atoms with Crippen LogP contribution < -0.4 is 0 Å². The van der Waals surface area contributed by atoms with E-state index in [0.29, 0.717) is 0 Å². The maximum Gasteiger partial charge on any atom is 0.0267 e. The van der Waals surface area contributed by atoms with Gasteiger partial charge < -0.3 is 4.98 Å². The molecule has 0 atom stereocenters. The highest BCUT2D eigenvalue weighted by molar-refractivity contribution is 5.52. The summed E-state index contributed by atoms with van der Waals surface area (Å²) in [6.45, 7) is 5.36. The van der Waals surface area contributed by atoms with E-state index in [4.69, 9.17) is 0 Å². The molecule has 10 heavy (non-hydrogen) atoms. The van der Waals surface area contributed by atoms with Crippen molar-refractivity contribution in [2.24, 2.45) is 4.99 Å². The molecule has 0 aromatic carbocycles. The minimum absolute atomic E-state index is 1.15. The second kappa shape index (κ2) is 3.01. The van der Waals surface area contributed by atoms with E-state index in [1.807, 2.05) is 25.3 Å². The van der Waals surface area contributed by atoms with Crippen LogP contribution in [0.25, 0.3) is 6.08 Å². The number of aromatic amines is 1. The fraction of sp³-hybridized carbons (Fsp3) is 0.125. The highest BCUT2D eigenvalue weighted by Crippen LogP contribution is 2.06. The summed E-state index contributed by atoms with van der Waals surface area (Å²) in [5.41, 5.74) is 2.31. The third-order valence-electron chi connectivity index (χ3n) is 1.36. The molecule has 1 rings (SSSR count). The van der Waals surface area contributed by atoms with Crippen LogP contribution in [0.5, 0.6) is 0 Å². The molecule has 52 valence electrons. The first-order chi connectivity index (χ1) is 4.84. The predicted molar refractivity (Wildman–Crippen MR) is 44.1 cm³/mol. The smallest absolute Gasteiger partial charge is 0.0267 e. The molecule has 0 saturated carbocycles. The van der Waals surface area contributed by atoms with Crippen LogP contribution in [0.3, 0.4) is 0 Å². The highest BCUT2D eigenvalue weighted by atomic mass is 14.7. The van der Waals surface area contributed by atoms with E-state index in [-0.39, 0.29) is 0 Å². The first-order valence-electron chi connectivity index (χ1n) is 3.11. The third kappa shape index (κ3) is 1.35. The quantitative estimate of drug-likeness (QED) is 0.599. The van der Waals surface area contributed by atoms with Crippen molar-refractivity contribution < 1.29 is 0 Å². The van der Waals surface area contributed by atoms with E-state index >= 15 is 0 Å². The van der Waals surface area contributed by atoms with E-state index in [9.17, 15) is 0 Å². The summed E-state index contributed by atoms with van der Waals surface area (Å²) in [5, 5.41) is 0. The van der Waals surface area contributed by atoms with Crippen LogP contribution in [0.4, 0.5) is 0 Å². The number of hydrogen-bond acceptors (Lipinski definition) is 1. The van der Waals surface area contributed by atoms with Gasteiger partial charge in [0.05, 0.1) is 0 Å². The first-order valence-corrected chi connectivity index (χ1v) is 3.11. The standard InChI is InChI=1S/C8H10N2/c1-7-8(3-5-9-2)4-6-10-7/h3-6,10H,2H2,1H3/b5-3-. The minimum Gasteiger partial charge on any atom is -0.365 e. The van der Waals surface area contributed by atoms with Crippen LogP contribution in [-0.4, -0.2) is 11.7 Å². The van der Waals surface area contributed by atoms with E-state index < -0.39 is 0 Å². The number of aliphatic imine (C=N–C) groups is 1. The molecule has 1 aromatic heterocycles. The average Bonchev–Trinajstić information content (AvgIpc) is 2.31. The lowest BCUT2D eigenvalue weighted by Gasteiger charge is -1.85. The van der Waals surface area contributed by atoms with Gasteiger partial charge in [-0.05, 0) is 31.3 Å². The summed E-state index contributed by atoms with van der Waals surface area (Å²) in [5.74, 6) is 0. The minimum atomic E-state index is 1.15. The van der Waals surface area contributed by atoms with Crippen LogP contribution in [-0.2, 0) is 0 Å². The molecule has 0 unspecified atom stereocenters. The number of rotatable bonds is 2. The highest BCUT2D eigenvalue weighted by Gasteiger charge is 1.90. The fourth-order valence-corrected chi connectivity index (χ4v) is 0.778. The maximum atomic E-state index is 3.61. The van der Waals surface area contributed by atoms with Gasteiger partial charge in [0.2, 0.25) is 0 Å². The van der Waals surface area contributed by atoms with E-state index in [2.05, 4.69) is 16.7 Å². The summed E-state index contributed by atoms with van der Waals surface area (Å²) in [6, 6.07) is 2.00. The molecule has 2 heteroatoms. The number of nitrogens with zero attached hydrogens (tertiary/aromatic N) is 1. The van der Waals surface area contributed by atoms with E-state index in [0.717, 1.165) is 11.3 Å². The molecule has 0 aliphatic carbocycles. The maximum absolute atomic E-state index is 3.61. The van der Waals surface area contributed by atoms with Gasteiger partial charge >= 0.3 is 0 Å². The Kier molecular flexibility index (Phi) is 2.05. The van der Waals surface area contributed by atoms with Gasteiger partial charge in [-0.15, -0.1) is 0 Å². The van der Waals surface area contributed by atoms with Crippen molar-refractivity contribution in [3.05, 3.63) is 29.7 Å². The monoisotopic (exact) mass is 134 g/mol. The molecule has 1 aromatic rings. The topological polar surface area (TPSA) is 28.1 Å². The third-order valence-corrected chi connectivity index (χ3v) is 1.36. The molecular weight excluding hydrogens is 124 g/mol. The van der Waals surface area contributed by atoms with Crippen LogP contribution in [0.2, 0.25) is 0 Å². The Morgan fingerprint density at radius 3 is 3.00 bits per heavy atom. The summed E-state index contributed by atoms with van der Waals surface area (Å²) in [4.78, 5) is 6.67. The summed E-state index contributed by atoms with van der Waals surface area (Å²) >= 11 is 0. The van der Waals surface area contributed by atoms with Gasteiger partial charge in [0, 0.05) is 18.1 Å². The summed E-state index contributed by atoms with van der Waals surface area (Å²) in [7, 11) is 0. The van der Waals surface area contributed by atoms with Crippen molar-refractivity contribution in [2.75, 3.05) is 0 Å². The lowest BCUT2D eigenvalue weighted by Crippen LogP contribution is -1.71. The van der Waals surface area contributed by atoms with Gasteiger partial charge in [-0.3, -0.25) is 4.99 Å². The Labute approximate surface area is 60.3 Å². The van der Waals surface area contributed by atoms with Crippen molar-refractivity contribution >= 4 is 12.8 Å². The van der Waals surface area contributed by atoms with Crippen LogP contribution in [0, 0.1) is 6.92 Å².